The van der Waals surface area contributed by atoms with E-state index in [9.17, 15) is 23.3 Å². The Labute approximate surface area is 175 Å². The molecule has 0 radical (unpaired) electrons. The Bertz CT molecular complexity index is 1000. The van der Waals surface area contributed by atoms with Crippen molar-refractivity contribution in [1.82, 2.24) is 14.1 Å². The molecule has 11 nitrogen and oxygen atoms in total. The number of sulfonamides is 1. The number of nitrogens with zero attached hydrogens (tertiary/aromatic N) is 4. The minimum Gasteiger partial charge on any atom is -0.379 e. The van der Waals surface area contributed by atoms with Gasteiger partial charge in [0.2, 0.25) is 15.9 Å². The number of carbonyl (C=O) groups excluding carboxylic acids is 1. The molecule has 1 fully saturated rings. The van der Waals surface area contributed by atoms with Gasteiger partial charge in [0.05, 0.1) is 35.9 Å². The number of nitro groups is 1. The number of amides is 1. The Kier molecular flexibility index (Phi) is 6.62. The van der Waals surface area contributed by atoms with Gasteiger partial charge in [-0.15, -0.1) is 0 Å². The molecule has 1 N–H and O–H groups in total. The number of aryl methyl sites for hydroxylation is 1. The molecule has 2 heterocycles. The monoisotopic (exact) mass is 487 g/mol. The van der Waals surface area contributed by atoms with Crippen LogP contribution in [-0.4, -0.2) is 59.6 Å². The first-order chi connectivity index (χ1) is 13.8. The van der Waals surface area contributed by atoms with Gasteiger partial charge in [0, 0.05) is 25.2 Å². The van der Waals surface area contributed by atoms with E-state index in [0.29, 0.717) is 32.0 Å². The third kappa shape index (κ3) is 5.18. The summed E-state index contributed by atoms with van der Waals surface area (Å²) in [5.74, 6) is -0.648. The number of hydrogen-bond acceptors (Lipinski definition) is 7. The number of carbonyl (C=O) groups is 1. The molecule has 156 valence electrons. The molecule has 2 aromatic rings. The number of anilines is 1. The lowest BCUT2D eigenvalue weighted by atomic mass is 10.3. The lowest BCUT2D eigenvalue weighted by molar-refractivity contribution is -0.390. The summed E-state index contributed by atoms with van der Waals surface area (Å²) < 4.78 is 33.2. The Morgan fingerprint density at radius 2 is 1.93 bits per heavy atom. The first-order valence-electron chi connectivity index (χ1n) is 8.62. The molecule has 1 aromatic heterocycles. The van der Waals surface area contributed by atoms with Crippen LogP contribution in [0.15, 0.2) is 39.8 Å². The Balaban J connectivity index is 1.57. The average molecular weight is 488 g/mol. The van der Waals surface area contributed by atoms with Crippen molar-refractivity contribution in [3.05, 3.63) is 45.0 Å². The fourth-order valence-corrected chi connectivity index (χ4v) is 4.58. The van der Waals surface area contributed by atoms with Crippen molar-refractivity contribution in [3.8, 4) is 0 Å². The molecule has 0 unspecified atom stereocenters. The van der Waals surface area contributed by atoms with Gasteiger partial charge in [0.1, 0.15) is 4.47 Å². The fraction of sp³-hybridized carbons (Fsp3) is 0.375. The molecule has 1 aliphatic heterocycles. The van der Waals surface area contributed by atoms with Crippen LogP contribution in [0, 0.1) is 10.1 Å². The zero-order valence-corrected chi connectivity index (χ0v) is 17.6. The predicted molar refractivity (Wildman–Crippen MR) is 106 cm³/mol. The first kappa shape index (κ1) is 21.4. The molecule has 1 aliphatic rings. The largest absolute Gasteiger partial charge is 0.404 e. The smallest absolute Gasteiger partial charge is 0.379 e. The number of rotatable bonds is 7. The third-order valence-corrected chi connectivity index (χ3v) is 6.66. The summed E-state index contributed by atoms with van der Waals surface area (Å²) in [5, 5.41) is 17.2. The van der Waals surface area contributed by atoms with Crippen LogP contribution in [0.1, 0.15) is 6.42 Å². The number of hydrogen-bond donors (Lipinski definition) is 1. The van der Waals surface area contributed by atoms with Crippen molar-refractivity contribution in [2.24, 2.45) is 0 Å². The van der Waals surface area contributed by atoms with Gasteiger partial charge in [-0.3, -0.25) is 4.79 Å². The summed E-state index contributed by atoms with van der Waals surface area (Å²) in [7, 11) is -3.59. The highest BCUT2D eigenvalue weighted by atomic mass is 79.9. The van der Waals surface area contributed by atoms with Gasteiger partial charge in [0.15, 0.2) is 0 Å². The minimum atomic E-state index is -3.59. The quantitative estimate of drug-likeness (QED) is 0.462. The normalized spacial score (nSPS) is 15.2. The molecule has 1 amide bonds. The van der Waals surface area contributed by atoms with Gasteiger partial charge in [-0.25, -0.2) is 8.42 Å². The van der Waals surface area contributed by atoms with Crippen LogP contribution < -0.4 is 5.32 Å². The number of halogens is 1. The van der Waals surface area contributed by atoms with Crippen molar-refractivity contribution in [2.75, 3.05) is 31.6 Å². The van der Waals surface area contributed by atoms with Crippen LogP contribution in [0.4, 0.5) is 11.5 Å². The van der Waals surface area contributed by atoms with Crippen molar-refractivity contribution < 1.29 is 22.9 Å². The molecule has 0 saturated carbocycles. The van der Waals surface area contributed by atoms with E-state index in [1.54, 1.807) is 0 Å². The van der Waals surface area contributed by atoms with Gasteiger partial charge >= 0.3 is 5.82 Å². The van der Waals surface area contributed by atoms with Crippen LogP contribution in [0.25, 0.3) is 0 Å². The van der Waals surface area contributed by atoms with Crippen molar-refractivity contribution in [1.29, 1.82) is 0 Å². The maximum Gasteiger partial charge on any atom is 0.404 e. The van der Waals surface area contributed by atoms with Crippen LogP contribution in [0.5, 0.6) is 0 Å². The van der Waals surface area contributed by atoms with E-state index in [1.807, 2.05) is 0 Å². The second-order valence-corrected chi connectivity index (χ2v) is 8.95. The number of morpholine rings is 1. The summed E-state index contributed by atoms with van der Waals surface area (Å²) in [6.45, 7) is 1.50. The molecule has 1 saturated heterocycles. The van der Waals surface area contributed by atoms with Crippen molar-refractivity contribution in [2.45, 2.75) is 17.9 Å². The van der Waals surface area contributed by atoms with Crippen LogP contribution in [0.3, 0.4) is 0 Å². The molecule has 0 atom stereocenters. The maximum atomic E-state index is 12.6. The summed E-state index contributed by atoms with van der Waals surface area (Å²) in [6, 6.07) is 5.91. The molecule has 3 rings (SSSR count). The number of ether oxygens (including phenoxy) is 1. The lowest BCUT2D eigenvalue weighted by Gasteiger charge is -2.26. The molecule has 0 bridgehead atoms. The second-order valence-electron chi connectivity index (χ2n) is 6.16. The van der Waals surface area contributed by atoms with Gasteiger partial charge in [0.25, 0.3) is 0 Å². The Hall–Kier alpha value is -2.35. The number of benzene rings is 1. The highest BCUT2D eigenvalue weighted by Crippen LogP contribution is 2.22. The summed E-state index contributed by atoms with van der Waals surface area (Å²) in [6.07, 6.45) is 1.47. The SMILES string of the molecule is O=C(CCn1cc(Br)c([N+](=O)[O-])n1)Nc1ccc(S(=O)(=O)N2CCOCC2)cc1. The molecule has 0 spiro atoms. The first-order valence-corrected chi connectivity index (χ1v) is 10.9. The molecule has 1 aromatic carbocycles. The van der Waals surface area contributed by atoms with E-state index in [-0.39, 0.29) is 34.1 Å². The molecule has 13 heteroatoms. The Morgan fingerprint density at radius 3 is 2.52 bits per heavy atom. The van der Waals surface area contributed by atoms with Gasteiger partial charge in [-0.2, -0.15) is 8.99 Å². The summed E-state index contributed by atoms with van der Waals surface area (Å²) in [4.78, 5) is 22.4. The molecule has 0 aliphatic carbocycles. The Morgan fingerprint density at radius 1 is 1.28 bits per heavy atom. The van der Waals surface area contributed by atoms with Crippen LogP contribution in [-0.2, 0) is 26.1 Å². The fourth-order valence-electron chi connectivity index (χ4n) is 2.71. The highest BCUT2D eigenvalue weighted by molar-refractivity contribution is 9.10. The van der Waals surface area contributed by atoms with Crippen LogP contribution >= 0.6 is 15.9 Å². The number of aromatic nitrogens is 2. The van der Waals surface area contributed by atoms with E-state index in [4.69, 9.17) is 4.74 Å². The van der Waals surface area contributed by atoms with E-state index in [0.717, 1.165) is 0 Å². The highest BCUT2D eigenvalue weighted by Gasteiger charge is 2.26. The third-order valence-electron chi connectivity index (χ3n) is 4.19. The second kappa shape index (κ2) is 8.98. The average Bonchev–Trinajstić information content (AvgIpc) is 3.08. The lowest BCUT2D eigenvalue weighted by Crippen LogP contribution is -2.40. The van der Waals surface area contributed by atoms with Crippen LogP contribution in [0.2, 0.25) is 0 Å². The molecular formula is C16H18BrN5O6S. The summed E-state index contributed by atoms with van der Waals surface area (Å²) >= 11 is 3.04. The van der Waals surface area contributed by atoms with Gasteiger partial charge in [-0.05, 0) is 45.1 Å². The molecular weight excluding hydrogens is 470 g/mol. The summed E-state index contributed by atoms with van der Waals surface area (Å²) in [5.41, 5.74) is 0.448. The van der Waals surface area contributed by atoms with E-state index >= 15 is 0 Å². The van der Waals surface area contributed by atoms with Gasteiger partial charge in [-0.1, -0.05) is 0 Å². The van der Waals surface area contributed by atoms with E-state index < -0.39 is 14.9 Å². The zero-order valence-electron chi connectivity index (χ0n) is 15.2. The van der Waals surface area contributed by atoms with E-state index in [1.165, 1.54) is 39.4 Å². The topological polar surface area (TPSA) is 137 Å². The van der Waals surface area contributed by atoms with Gasteiger partial charge < -0.3 is 20.2 Å². The standard InChI is InChI=1S/C16H18BrN5O6S/c17-14-11-20(19-16(14)22(24)25)6-5-15(23)18-12-1-3-13(4-2-12)29(26,27)21-7-9-28-10-8-21/h1-4,11H,5-10H2,(H,18,23). The van der Waals surface area contributed by atoms with Crippen molar-refractivity contribution in [3.63, 3.8) is 0 Å². The minimum absolute atomic E-state index is 0.0408. The van der Waals surface area contributed by atoms with E-state index in [2.05, 4.69) is 26.3 Å². The maximum absolute atomic E-state index is 12.6. The zero-order chi connectivity index (χ0) is 21.0. The number of nitrogens with one attached hydrogen (secondary N) is 1. The van der Waals surface area contributed by atoms with Crippen molar-refractivity contribution >= 4 is 43.4 Å². The predicted octanol–water partition coefficient (Wildman–Crippen LogP) is 1.60. The molecule has 29 heavy (non-hydrogen) atoms.